The first-order chi connectivity index (χ1) is 6.22. The summed E-state index contributed by atoms with van der Waals surface area (Å²) in [5, 5.41) is 9.75. The molecule has 2 saturated heterocycles. The first-order valence-electron chi connectivity index (χ1n) is 4.35. The van der Waals surface area contributed by atoms with Crippen LogP contribution in [0.25, 0.3) is 0 Å². The van der Waals surface area contributed by atoms with Crippen molar-refractivity contribution >= 4 is 15.9 Å². The van der Waals surface area contributed by atoms with Crippen molar-refractivity contribution in [2.45, 2.75) is 5.60 Å². The van der Waals surface area contributed by atoms with E-state index >= 15 is 0 Å². The maximum Gasteiger partial charge on any atom is 0.124 e. The number of hydrogen-bond donors (Lipinski definition) is 1. The number of rotatable bonds is 2. The lowest BCUT2D eigenvalue weighted by molar-refractivity contribution is -0.192. The van der Waals surface area contributed by atoms with Crippen LogP contribution in [-0.4, -0.2) is 48.5 Å². The lowest BCUT2D eigenvalue weighted by Gasteiger charge is -2.45. The van der Waals surface area contributed by atoms with Gasteiger partial charge in [-0.3, -0.25) is 4.90 Å². The average molecular weight is 246 g/mol. The molecule has 0 saturated carbocycles. The highest BCUT2D eigenvalue weighted by molar-refractivity contribution is 9.12. The summed E-state index contributed by atoms with van der Waals surface area (Å²) >= 11 is 3.08. The van der Waals surface area contributed by atoms with Gasteiger partial charge in [-0.05, 0) is 4.83 Å². The van der Waals surface area contributed by atoms with E-state index in [0.29, 0.717) is 19.1 Å². The Kier molecular flexibility index (Phi) is 2.61. The van der Waals surface area contributed by atoms with Crippen molar-refractivity contribution in [3.05, 3.63) is 0 Å². The smallest absolute Gasteiger partial charge is 0.124 e. The van der Waals surface area contributed by atoms with Crippen LogP contribution in [-0.2, 0) is 4.74 Å². The molecular weight excluding hydrogens is 234 g/mol. The Balaban J connectivity index is 1.71. The lowest BCUT2D eigenvalue weighted by Crippen LogP contribution is -2.61. The van der Waals surface area contributed by atoms with E-state index in [1.165, 1.54) is 0 Å². The molecule has 0 aromatic heterocycles. The summed E-state index contributed by atoms with van der Waals surface area (Å²) in [6, 6.07) is 0. The van der Waals surface area contributed by atoms with Crippen molar-refractivity contribution in [3.8, 4) is 10.8 Å². The van der Waals surface area contributed by atoms with Crippen LogP contribution in [0.2, 0.25) is 0 Å². The molecule has 0 atom stereocenters. The average Bonchev–Trinajstić information content (AvgIpc) is 1.98. The first-order valence-corrected chi connectivity index (χ1v) is 5.15. The number of likely N-dealkylation sites (tertiary alicyclic amines) is 1. The molecule has 0 aromatic carbocycles. The topological polar surface area (TPSA) is 32.7 Å². The third-order valence-corrected chi connectivity index (χ3v) is 2.70. The predicted octanol–water partition coefficient (Wildman–Crippen LogP) is 0.0353. The number of nitrogens with zero attached hydrogens (tertiary/aromatic N) is 1. The highest BCUT2D eigenvalue weighted by Crippen LogP contribution is 2.23. The van der Waals surface area contributed by atoms with Crippen LogP contribution in [0.1, 0.15) is 0 Å². The Labute approximate surface area is 86.2 Å². The molecule has 3 nitrogen and oxygen atoms in total. The molecule has 2 heterocycles. The Morgan fingerprint density at radius 1 is 1.54 bits per heavy atom. The molecular formula is C9H12BrNO2. The largest absolute Gasteiger partial charge is 0.384 e. The van der Waals surface area contributed by atoms with E-state index in [0.717, 1.165) is 19.6 Å². The van der Waals surface area contributed by atoms with Gasteiger partial charge in [-0.25, -0.2) is 0 Å². The quantitative estimate of drug-likeness (QED) is 0.698. The van der Waals surface area contributed by atoms with Gasteiger partial charge >= 0.3 is 0 Å². The summed E-state index contributed by atoms with van der Waals surface area (Å²) in [5.74, 6) is 3.52. The molecule has 0 radical (unpaired) electrons. The molecule has 1 N–H and O–H groups in total. The SMILES string of the molecule is OC1(CN2CC(C#CBr)C2)COC1. The Hall–Kier alpha value is -0.0800. The Morgan fingerprint density at radius 2 is 2.23 bits per heavy atom. The minimum absolute atomic E-state index is 0.476. The number of β-amino-alcohol motifs (C(OH)–C–C–N with tert-alkyl or cyclic N) is 1. The molecule has 2 aliphatic heterocycles. The second kappa shape index (κ2) is 3.58. The maximum atomic E-state index is 9.75. The number of aliphatic hydroxyl groups is 1. The fourth-order valence-electron chi connectivity index (χ4n) is 1.71. The van der Waals surface area contributed by atoms with E-state index in [1.54, 1.807) is 0 Å². The van der Waals surface area contributed by atoms with Crippen LogP contribution in [0.5, 0.6) is 0 Å². The van der Waals surface area contributed by atoms with Crippen molar-refractivity contribution in [2.75, 3.05) is 32.8 Å². The van der Waals surface area contributed by atoms with Crippen molar-refractivity contribution in [2.24, 2.45) is 5.92 Å². The molecule has 2 rings (SSSR count). The third kappa shape index (κ3) is 2.05. The van der Waals surface area contributed by atoms with Crippen LogP contribution in [0.3, 0.4) is 0 Å². The van der Waals surface area contributed by atoms with Crippen LogP contribution in [0.15, 0.2) is 0 Å². The minimum atomic E-state index is -0.577. The van der Waals surface area contributed by atoms with Gasteiger partial charge in [0.15, 0.2) is 0 Å². The molecule has 0 aromatic rings. The van der Waals surface area contributed by atoms with Crippen LogP contribution >= 0.6 is 15.9 Å². The van der Waals surface area contributed by atoms with Gasteiger partial charge in [0.2, 0.25) is 0 Å². The monoisotopic (exact) mass is 245 g/mol. The van der Waals surface area contributed by atoms with Gasteiger partial charge in [0.05, 0.1) is 13.2 Å². The zero-order valence-electron chi connectivity index (χ0n) is 7.29. The van der Waals surface area contributed by atoms with E-state index in [-0.39, 0.29) is 0 Å². The molecule has 0 spiro atoms. The van der Waals surface area contributed by atoms with E-state index in [2.05, 4.69) is 31.6 Å². The first kappa shape index (κ1) is 9.47. The van der Waals surface area contributed by atoms with Crippen molar-refractivity contribution in [3.63, 3.8) is 0 Å². The second-order valence-electron chi connectivity index (χ2n) is 3.85. The van der Waals surface area contributed by atoms with Gasteiger partial charge in [0.1, 0.15) is 5.60 Å². The molecule has 0 bridgehead atoms. The molecule has 2 aliphatic rings. The Morgan fingerprint density at radius 3 is 2.69 bits per heavy atom. The summed E-state index contributed by atoms with van der Waals surface area (Å²) in [5.41, 5.74) is -0.577. The summed E-state index contributed by atoms with van der Waals surface area (Å²) in [4.78, 5) is 4.94. The van der Waals surface area contributed by atoms with Crippen molar-refractivity contribution in [1.82, 2.24) is 4.90 Å². The molecule has 0 unspecified atom stereocenters. The third-order valence-electron chi connectivity index (χ3n) is 2.48. The van der Waals surface area contributed by atoms with Gasteiger partial charge in [-0.15, -0.1) is 0 Å². The Bertz CT molecular complexity index is 248. The molecule has 0 amide bonds. The van der Waals surface area contributed by atoms with Gasteiger partial charge < -0.3 is 9.84 Å². The summed E-state index contributed by atoms with van der Waals surface area (Å²) in [6.45, 7) is 3.64. The van der Waals surface area contributed by atoms with Gasteiger partial charge in [0.25, 0.3) is 0 Å². The fraction of sp³-hybridized carbons (Fsp3) is 0.778. The number of halogens is 1. The lowest BCUT2D eigenvalue weighted by atomic mass is 9.95. The second-order valence-corrected chi connectivity index (χ2v) is 4.24. The van der Waals surface area contributed by atoms with Gasteiger partial charge in [-0.1, -0.05) is 5.92 Å². The van der Waals surface area contributed by atoms with E-state index < -0.39 is 5.60 Å². The van der Waals surface area contributed by atoms with Crippen LogP contribution in [0.4, 0.5) is 0 Å². The zero-order chi connectivity index (χ0) is 9.31. The standard InChI is InChI=1S/C9H12BrNO2/c10-2-1-8-3-11(4-8)5-9(12)6-13-7-9/h8,12H,3-7H2. The molecule has 72 valence electrons. The van der Waals surface area contributed by atoms with E-state index in [1.807, 2.05) is 0 Å². The maximum absolute atomic E-state index is 9.75. The highest BCUT2D eigenvalue weighted by atomic mass is 79.9. The highest BCUT2D eigenvalue weighted by Gasteiger charge is 2.40. The summed E-state index contributed by atoms with van der Waals surface area (Å²) < 4.78 is 4.97. The number of hydrogen-bond acceptors (Lipinski definition) is 3. The molecule has 13 heavy (non-hydrogen) atoms. The molecule has 4 heteroatoms. The van der Waals surface area contributed by atoms with Gasteiger partial charge in [-0.2, -0.15) is 0 Å². The van der Waals surface area contributed by atoms with E-state index in [9.17, 15) is 5.11 Å². The summed E-state index contributed by atoms with van der Waals surface area (Å²) in [6.07, 6.45) is 0. The predicted molar refractivity (Wildman–Crippen MR) is 52.4 cm³/mol. The minimum Gasteiger partial charge on any atom is -0.384 e. The van der Waals surface area contributed by atoms with E-state index in [4.69, 9.17) is 4.74 Å². The molecule has 2 fully saturated rings. The molecule has 0 aliphatic carbocycles. The van der Waals surface area contributed by atoms with Gasteiger partial charge in [0, 0.05) is 41.5 Å². The normalized spacial score (nSPS) is 26.9. The van der Waals surface area contributed by atoms with Crippen LogP contribution in [0, 0.1) is 16.7 Å². The number of ether oxygens (including phenoxy) is 1. The zero-order valence-corrected chi connectivity index (χ0v) is 8.88. The summed E-state index contributed by atoms with van der Waals surface area (Å²) in [7, 11) is 0. The van der Waals surface area contributed by atoms with Crippen molar-refractivity contribution < 1.29 is 9.84 Å². The fourth-order valence-corrected chi connectivity index (χ4v) is 2.04. The van der Waals surface area contributed by atoms with Crippen LogP contribution < -0.4 is 0 Å². The van der Waals surface area contributed by atoms with Crippen molar-refractivity contribution in [1.29, 1.82) is 0 Å².